The molecule has 1 atom stereocenters. The third-order valence-corrected chi connectivity index (χ3v) is 2.49. The number of hydrogen-bond acceptors (Lipinski definition) is 2. The Morgan fingerprint density at radius 3 is 2.15 bits per heavy atom. The molecule has 0 aliphatic rings. The van der Waals surface area contributed by atoms with E-state index in [-0.39, 0.29) is 11.5 Å². The first-order valence-electron chi connectivity index (χ1n) is 4.66. The van der Waals surface area contributed by atoms with Crippen molar-refractivity contribution in [1.29, 1.82) is 0 Å². The molecule has 0 spiro atoms. The van der Waals surface area contributed by atoms with Gasteiger partial charge in [-0.1, -0.05) is 19.8 Å². The van der Waals surface area contributed by atoms with E-state index in [0.717, 1.165) is 0 Å². The maximum Gasteiger partial charge on any atom is 0.0766 e. The minimum absolute atomic E-state index is 0.216. The van der Waals surface area contributed by atoms with Crippen LogP contribution in [0.3, 0.4) is 0 Å². The molecule has 0 aliphatic heterocycles. The predicted molar refractivity (Wildman–Crippen MR) is 56.4 cm³/mol. The van der Waals surface area contributed by atoms with Crippen LogP contribution in [0.25, 0.3) is 0 Å². The average Bonchev–Trinajstić information content (AvgIpc) is 2.01. The van der Waals surface area contributed by atoms with Crippen molar-refractivity contribution in [3.63, 3.8) is 0 Å². The Bertz CT molecular complexity index is 199. The lowest BCUT2D eigenvalue weighted by Crippen LogP contribution is -2.49. The van der Waals surface area contributed by atoms with Gasteiger partial charge in [0.2, 0.25) is 0 Å². The molecule has 0 aromatic carbocycles. The third kappa shape index (κ3) is 4.31. The Morgan fingerprint density at radius 1 is 1.38 bits per heavy atom. The van der Waals surface area contributed by atoms with E-state index in [0.29, 0.717) is 6.54 Å². The van der Waals surface area contributed by atoms with Crippen molar-refractivity contribution in [3.05, 3.63) is 0 Å². The van der Waals surface area contributed by atoms with Crippen molar-refractivity contribution in [2.24, 2.45) is 5.92 Å². The van der Waals surface area contributed by atoms with Crippen LogP contribution >= 0.6 is 0 Å². The predicted octanol–water partition coefficient (Wildman–Crippen LogP) is 1.39. The molecular weight excluding hydrogens is 162 g/mol. The molecule has 13 heavy (non-hydrogen) atoms. The smallest absolute Gasteiger partial charge is 0.0766 e. The van der Waals surface area contributed by atoms with Crippen molar-refractivity contribution in [2.45, 2.75) is 45.8 Å². The number of rotatable bonds is 4. The first kappa shape index (κ1) is 12.5. The summed E-state index contributed by atoms with van der Waals surface area (Å²) in [5.41, 5.74) is -1.05. The molecule has 76 valence electrons. The zero-order chi connectivity index (χ0) is 10.7. The van der Waals surface area contributed by atoms with Crippen molar-refractivity contribution in [3.8, 4) is 12.3 Å². The highest BCUT2D eigenvalue weighted by Crippen LogP contribution is 2.15. The fourth-order valence-electron chi connectivity index (χ4n) is 0.655. The van der Waals surface area contributed by atoms with Crippen molar-refractivity contribution in [1.82, 2.24) is 5.32 Å². The summed E-state index contributed by atoms with van der Waals surface area (Å²) in [6.07, 6.45) is 5.32. The molecule has 0 radical (unpaired) electrons. The van der Waals surface area contributed by atoms with Gasteiger partial charge < -0.3 is 5.11 Å². The highest BCUT2D eigenvalue weighted by Gasteiger charge is 2.27. The summed E-state index contributed by atoms with van der Waals surface area (Å²) in [5, 5.41) is 13.1. The number of terminal acetylenes is 1. The molecule has 0 saturated heterocycles. The minimum atomic E-state index is -0.700. The SMILES string of the molecule is C#CC(C)(C)NCC(C)(O)C(C)C. The Labute approximate surface area is 81.7 Å². The highest BCUT2D eigenvalue weighted by molar-refractivity contribution is 5.08. The van der Waals surface area contributed by atoms with Crippen LogP contribution < -0.4 is 5.32 Å². The maximum atomic E-state index is 9.92. The Hall–Kier alpha value is -0.520. The van der Waals surface area contributed by atoms with E-state index in [1.54, 1.807) is 0 Å². The van der Waals surface area contributed by atoms with E-state index in [1.165, 1.54) is 0 Å². The van der Waals surface area contributed by atoms with Crippen molar-refractivity contribution < 1.29 is 5.11 Å². The third-order valence-electron chi connectivity index (χ3n) is 2.49. The summed E-state index contributed by atoms with van der Waals surface area (Å²) in [5.74, 6) is 2.85. The van der Waals surface area contributed by atoms with Gasteiger partial charge in [-0.15, -0.1) is 6.42 Å². The van der Waals surface area contributed by atoms with Gasteiger partial charge >= 0.3 is 0 Å². The molecule has 0 aromatic rings. The number of β-amino-alcohol motifs (C(OH)–C–C–N with tert-alkyl or cyclic N) is 1. The van der Waals surface area contributed by atoms with Crippen LogP contribution in [-0.2, 0) is 0 Å². The van der Waals surface area contributed by atoms with Crippen LogP contribution in [0.5, 0.6) is 0 Å². The zero-order valence-electron chi connectivity index (χ0n) is 9.31. The molecule has 0 aliphatic carbocycles. The van der Waals surface area contributed by atoms with Crippen LogP contribution in [0.2, 0.25) is 0 Å². The van der Waals surface area contributed by atoms with Gasteiger partial charge in [-0.3, -0.25) is 5.32 Å². The van der Waals surface area contributed by atoms with Gasteiger partial charge in [0.25, 0.3) is 0 Å². The minimum Gasteiger partial charge on any atom is -0.389 e. The number of nitrogens with one attached hydrogen (secondary N) is 1. The Morgan fingerprint density at radius 2 is 1.85 bits per heavy atom. The standard InChI is InChI=1S/C11H21NO/c1-7-10(4,5)12-8-11(6,13)9(2)3/h1,9,12-13H,8H2,2-6H3. The van der Waals surface area contributed by atoms with E-state index in [1.807, 2.05) is 34.6 Å². The van der Waals surface area contributed by atoms with Gasteiger partial charge in [-0.25, -0.2) is 0 Å². The van der Waals surface area contributed by atoms with Crippen molar-refractivity contribution in [2.75, 3.05) is 6.54 Å². The van der Waals surface area contributed by atoms with Gasteiger partial charge in [0.15, 0.2) is 0 Å². The van der Waals surface area contributed by atoms with E-state index < -0.39 is 5.60 Å². The molecular formula is C11H21NO. The summed E-state index contributed by atoms with van der Waals surface area (Å²) in [7, 11) is 0. The quantitative estimate of drug-likeness (QED) is 0.646. The summed E-state index contributed by atoms with van der Waals surface area (Å²) in [6.45, 7) is 10.2. The second kappa shape index (κ2) is 4.13. The lowest BCUT2D eigenvalue weighted by atomic mass is 9.91. The molecule has 0 bridgehead atoms. The maximum absolute atomic E-state index is 9.92. The van der Waals surface area contributed by atoms with Crippen LogP contribution in [0.15, 0.2) is 0 Å². The van der Waals surface area contributed by atoms with E-state index in [2.05, 4.69) is 11.2 Å². The summed E-state index contributed by atoms with van der Waals surface area (Å²) >= 11 is 0. The molecule has 2 N–H and O–H groups in total. The highest BCUT2D eigenvalue weighted by atomic mass is 16.3. The van der Waals surface area contributed by atoms with Crippen LogP contribution in [0.4, 0.5) is 0 Å². The van der Waals surface area contributed by atoms with Crippen LogP contribution in [0, 0.1) is 18.3 Å². The lowest BCUT2D eigenvalue weighted by Gasteiger charge is -2.31. The fourth-order valence-corrected chi connectivity index (χ4v) is 0.655. The van der Waals surface area contributed by atoms with Crippen molar-refractivity contribution >= 4 is 0 Å². The average molecular weight is 183 g/mol. The topological polar surface area (TPSA) is 32.3 Å². The molecule has 0 amide bonds. The van der Waals surface area contributed by atoms with Gasteiger partial charge in [-0.05, 0) is 26.7 Å². The normalized spacial score (nSPS) is 16.8. The second-order valence-electron chi connectivity index (χ2n) is 4.63. The van der Waals surface area contributed by atoms with E-state index in [9.17, 15) is 5.11 Å². The zero-order valence-corrected chi connectivity index (χ0v) is 9.31. The monoisotopic (exact) mass is 183 g/mol. The largest absolute Gasteiger partial charge is 0.389 e. The van der Waals surface area contributed by atoms with Gasteiger partial charge in [0.1, 0.15) is 0 Å². The molecule has 0 rings (SSSR count). The molecule has 0 fully saturated rings. The Kier molecular flexibility index (Phi) is 3.96. The van der Waals surface area contributed by atoms with Gasteiger partial charge in [0, 0.05) is 6.54 Å². The molecule has 0 aromatic heterocycles. The van der Waals surface area contributed by atoms with E-state index >= 15 is 0 Å². The number of hydrogen-bond donors (Lipinski definition) is 2. The van der Waals surface area contributed by atoms with E-state index in [4.69, 9.17) is 6.42 Å². The lowest BCUT2D eigenvalue weighted by molar-refractivity contribution is 0.0106. The molecule has 2 heteroatoms. The number of aliphatic hydroxyl groups is 1. The Balaban J connectivity index is 4.11. The molecule has 0 saturated carbocycles. The summed E-state index contributed by atoms with van der Waals surface area (Å²) < 4.78 is 0. The summed E-state index contributed by atoms with van der Waals surface area (Å²) in [6, 6.07) is 0. The first-order valence-corrected chi connectivity index (χ1v) is 4.66. The van der Waals surface area contributed by atoms with Gasteiger partial charge in [-0.2, -0.15) is 0 Å². The second-order valence-corrected chi connectivity index (χ2v) is 4.63. The molecule has 2 nitrogen and oxygen atoms in total. The van der Waals surface area contributed by atoms with Crippen LogP contribution in [0.1, 0.15) is 34.6 Å². The first-order chi connectivity index (χ1) is 5.71. The van der Waals surface area contributed by atoms with Crippen LogP contribution in [-0.4, -0.2) is 22.8 Å². The molecule has 1 unspecified atom stereocenters. The summed E-state index contributed by atoms with van der Waals surface area (Å²) in [4.78, 5) is 0. The van der Waals surface area contributed by atoms with Gasteiger partial charge in [0.05, 0.1) is 11.1 Å². The molecule has 0 heterocycles. The fraction of sp³-hybridized carbons (Fsp3) is 0.818.